The van der Waals surface area contributed by atoms with Gasteiger partial charge in [-0.1, -0.05) is 82.9 Å². The van der Waals surface area contributed by atoms with Crippen LogP contribution in [0.4, 0.5) is 0 Å². The summed E-state index contributed by atoms with van der Waals surface area (Å²) in [5.74, 6) is 0. The summed E-state index contributed by atoms with van der Waals surface area (Å²) in [7, 11) is -7.83. The van der Waals surface area contributed by atoms with Crippen molar-refractivity contribution >= 4 is 67.8 Å². The van der Waals surface area contributed by atoms with Crippen molar-refractivity contribution in [1.29, 1.82) is 0 Å². The van der Waals surface area contributed by atoms with E-state index in [9.17, 15) is 16.8 Å². The Morgan fingerprint density at radius 2 is 0.911 bits per heavy atom. The Labute approximate surface area is 273 Å². The van der Waals surface area contributed by atoms with Crippen molar-refractivity contribution in [3.8, 4) is 0 Å². The molecule has 0 spiro atoms. The second-order valence-corrected chi connectivity index (χ2v) is 14.2. The first-order valence-corrected chi connectivity index (χ1v) is 17.3. The van der Waals surface area contributed by atoms with Crippen molar-refractivity contribution in [2.75, 3.05) is 0 Å². The summed E-state index contributed by atoms with van der Waals surface area (Å²) in [6, 6.07) is 26.9. The highest BCUT2D eigenvalue weighted by Gasteiger charge is 2.13. The van der Waals surface area contributed by atoms with Gasteiger partial charge in [0.1, 0.15) is 0 Å². The maximum atomic E-state index is 12.8. The molecule has 4 aromatic carbocycles. The minimum Gasteiger partial charge on any atom is -0.200 e. The maximum Gasteiger partial charge on any atom is 0.276 e. The Bertz CT molecular complexity index is 1810. The van der Waals surface area contributed by atoms with Crippen LogP contribution in [0.2, 0.25) is 10.0 Å². The van der Waals surface area contributed by atoms with Gasteiger partial charge in [0.05, 0.1) is 22.2 Å². The molecule has 0 aromatic heterocycles. The summed E-state index contributed by atoms with van der Waals surface area (Å²) in [6.07, 6.45) is 6.58. The molecule has 0 amide bonds. The van der Waals surface area contributed by atoms with Crippen molar-refractivity contribution in [1.82, 2.24) is 9.66 Å². The van der Waals surface area contributed by atoms with E-state index in [4.69, 9.17) is 23.2 Å². The standard InChI is InChI=1S/C33H30Cl2N4O4S2/c1-24-3-15-32(16-4-24)44(40,41)38-36-22-28(19-26-7-11-30(34)12-8-26)21-29(20-27-9-13-31(35)14-10-27)23-37-39-45(42,43)33-17-5-25(2)6-18-33/h3-20,22-23,38-39H,21H2,1-2H3/b28-19-,29-20+,36-22+,37-23+. The van der Waals surface area contributed by atoms with Crippen LogP contribution in [-0.4, -0.2) is 29.3 Å². The van der Waals surface area contributed by atoms with Gasteiger partial charge in [-0.05, 0) is 96.8 Å². The molecule has 0 saturated heterocycles. The fourth-order valence-electron chi connectivity index (χ4n) is 3.95. The third-order valence-corrected chi connectivity index (χ3v) is 9.30. The van der Waals surface area contributed by atoms with Crippen LogP contribution in [0.25, 0.3) is 12.2 Å². The van der Waals surface area contributed by atoms with E-state index in [0.717, 1.165) is 22.3 Å². The maximum absolute atomic E-state index is 12.8. The van der Waals surface area contributed by atoms with Crippen LogP contribution in [0, 0.1) is 13.8 Å². The lowest BCUT2D eigenvalue weighted by Crippen LogP contribution is -2.18. The Morgan fingerprint density at radius 1 is 0.578 bits per heavy atom. The molecule has 4 rings (SSSR count). The number of hydrazone groups is 2. The summed E-state index contributed by atoms with van der Waals surface area (Å²) >= 11 is 12.1. The summed E-state index contributed by atoms with van der Waals surface area (Å²) in [5.41, 5.74) is 4.58. The van der Waals surface area contributed by atoms with Gasteiger partial charge in [-0.25, -0.2) is 9.66 Å². The first kappa shape index (κ1) is 33.7. The molecule has 0 unspecified atom stereocenters. The van der Waals surface area contributed by atoms with Gasteiger partial charge < -0.3 is 0 Å². The number of nitrogens with zero attached hydrogens (tertiary/aromatic N) is 2. The molecule has 45 heavy (non-hydrogen) atoms. The van der Waals surface area contributed by atoms with Crippen molar-refractivity contribution in [2.45, 2.75) is 30.1 Å². The number of benzene rings is 4. The average Bonchev–Trinajstić information content (AvgIpc) is 2.99. The number of hydrogen-bond donors (Lipinski definition) is 2. The molecule has 2 N–H and O–H groups in total. The fraction of sp³-hybridized carbons (Fsp3) is 0.0909. The number of sulfonamides is 2. The van der Waals surface area contributed by atoms with Crippen LogP contribution in [0.5, 0.6) is 0 Å². The van der Waals surface area contributed by atoms with Crippen molar-refractivity contribution in [3.05, 3.63) is 141 Å². The quantitative estimate of drug-likeness (QED) is 0.120. The fourth-order valence-corrected chi connectivity index (χ4v) is 5.78. The summed E-state index contributed by atoms with van der Waals surface area (Å²) < 4.78 is 51.3. The smallest absolute Gasteiger partial charge is 0.200 e. The first-order valence-electron chi connectivity index (χ1n) is 13.5. The summed E-state index contributed by atoms with van der Waals surface area (Å²) in [4.78, 5) is 4.66. The minimum absolute atomic E-state index is 0.0739. The predicted molar refractivity (Wildman–Crippen MR) is 183 cm³/mol. The molecule has 232 valence electrons. The molecule has 0 heterocycles. The Balaban J connectivity index is 1.66. The average molecular weight is 682 g/mol. The van der Waals surface area contributed by atoms with Gasteiger partial charge in [-0.2, -0.15) is 27.0 Å². The number of nitrogens with one attached hydrogen (secondary N) is 2. The molecule has 0 bridgehead atoms. The van der Waals surface area contributed by atoms with Crippen molar-refractivity contribution < 1.29 is 16.8 Å². The van der Waals surface area contributed by atoms with Crippen LogP contribution in [0.3, 0.4) is 0 Å². The van der Waals surface area contributed by atoms with Crippen molar-refractivity contribution in [2.24, 2.45) is 10.2 Å². The third-order valence-electron chi connectivity index (χ3n) is 6.32. The number of rotatable bonds is 12. The van der Waals surface area contributed by atoms with Crippen LogP contribution in [0.15, 0.2) is 128 Å². The molecule has 0 fully saturated rings. The Hall–Kier alpha value is -4.22. The lowest BCUT2D eigenvalue weighted by atomic mass is 10.0. The highest BCUT2D eigenvalue weighted by atomic mass is 35.5. The second kappa shape index (κ2) is 15.2. The molecule has 0 atom stereocenters. The summed E-state index contributed by atoms with van der Waals surface area (Å²) in [6.45, 7) is 3.73. The number of aryl methyl sites for hydroxylation is 2. The zero-order valence-electron chi connectivity index (χ0n) is 24.4. The Morgan fingerprint density at radius 3 is 1.24 bits per heavy atom. The lowest BCUT2D eigenvalue weighted by Gasteiger charge is -2.08. The molecule has 4 aromatic rings. The molecule has 0 aliphatic carbocycles. The van der Waals surface area contributed by atoms with Gasteiger partial charge >= 0.3 is 0 Å². The topological polar surface area (TPSA) is 117 Å². The first-order chi connectivity index (χ1) is 21.4. The van der Waals surface area contributed by atoms with Gasteiger partial charge in [0.2, 0.25) is 0 Å². The van der Waals surface area contributed by atoms with Gasteiger partial charge in [0.25, 0.3) is 20.0 Å². The van der Waals surface area contributed by atoms with Gasteiger partial charge in [-0.15, -0.1) is 0 Å². The molecule has 0 aliphatic heterocycles. The largest absolute Gasteiger partial charge is 0.276 e. The number of halogens is 2. The minimum atomic E-state index is -3.91. The van der Waals surface area contributed by atoms with E-state index < -0.39 is 20.0 Å². The second-order valence-electron chi connectivity index (χ2n) is 10.1. The summed E-state index contributed by atoms with van der Waals surface area (Å²) in [5, 5.41) is 9.19. The van der Waals surface area contributed by atoms with E-state index in [1.54, 1.807) is 84.9 Å². The van der Waals surface area contributed by atoms with E-state index in [1.807, 2.05) is 13.8 Å². The number of hydrogen-bond acceptors (Lipinski definition) is 6. The molecule has 0 aliphatic rings. The number of allylic oxidation sites excluding steroid dienone is 2. The highest BCUT2D eigenvalue weighted by Crippen LogP contribution is 2.20. The Kier molecular flexibility index (Phi) is 11.4. The predicted octanol–water partition coefficient (Wildman–Crippen LogP) is 7.40. The van der Waals surface area contributed by atoms with E-state index in [2.05, 4.69) is 19.9 Å². The molecular weight excluding hydrogens is 651 g/mol. The normalized spacial score (nSPS) is 13.0. The SMILES string of the molecule is Cc1ccc(S(=O)(=O)N/N=C/C(=C\c2ccc(Cl)cc2)CC(/C=N/NS(=O)(=O)c2ccc(C)cc2)=C\c2ccc(Cl)cc2)cc1. The monoisotopic (exact) mass is 680 g/mol. The molecular formula is C33H30Cl2N4O4S2. The van der Waals surface area contributed by atoms with Gasteiger partial charge in [-0.3, -0.25) is 0 Å². The molecule has 12 heteroatoms. The van der Waals surface area contributed by atoms with Gasteiger partial charge in [0.15, 0.2) is 0 Å². The lowest BCUT2D eigenvalue weighted by molar-refractivity contribution is 0.583. The van der Waals surface area contributed by atoms with Crippen LogP contribution >= 0.6 is 23.2 Å². The van der Waals surface area contributed by atoms with E-state index >= 15 is 0 Å². The zero-order chi connectivity index (χ0) is 32.5. The van der Waals surface area contributed by atoms with E-state index in [0.29, 0.717) is 21.2 Å². The van der Waals surface area contributed by atoms with Crippen LogP contribution in [-0.2, 0) is 20.0 Å². The van der Waals surface area contributed by atoms with E-state index in [1.165, 1.54) is 36.7 Å². The zero-order valence-corrected chi connectivity index (χ0v) is 27.5. The van der Waals surface area contributed by atoms with E-state index in [-0.39, 0.29) is 16.2 Å². The molecule has 0 saturated carbocycles. The van der Waals surface area contributed by atoms with Crippen LogP contribution in [0.1, 0.15) is 28.7 Å². The van der Waals surface area contributed by atoms with Crippen molar-refractivity contribution in [3.63, 3.8) is 0 Å². The molecule has 0 radical (unpaired) electrons. The highest BCUT2D eigenvalue weighted by molar-refractivity contribution is 7.89. The van der Waals surface area contributed by atoms with Gasteiger partial charge in [0, 0.05) is 16.5 Å². The molecule has 8 nitrogen and oxygen atoms in total. The van der Waals surface area contributed by atoms with Crippen LogP contribution < -0.4 is 9.66 Å². The third kappa shape index (κ3) is 10.4.